The van der Waals surface area contributed by atoms with Gasteiger partial charge in [-0.1, -0.05) is 35.5 Å². The third kappa shape index (κ3) is 6.20. The number of hydrogen-bond acceptors (Lipinski definition) is 5. The standard InChI is InChI=1S/C22H22ClF2N3O3S/c1-13(2)28-20(30)17-8-5-15(23)11-18(17)27-22(28)32-12-19(29)26-10-9-14-3-6-16(7-4-14)31-21(24)25/h3-8,11,13,21H,9-10,12H2,1-2H3,(H,26,29). The Balaban J connectivity index is 1.59. The van der Waals surface area contributed by atoms with Crippen molar-refractivity contribution in [3.63, 3.8) is 0 Å². The topological polar surface area (TPSA) is 73.2 Å². The Morgan fingerprint density at radius 1 is 1.22 bits per heavy atom. The zero-order valence-electron chi connectivity index (χ0n) is 17.5. The number of aromatic nitrogens is 2. The van der Waals surface area contributed by atoms with Gasteiger partial charge in [-0.25, -0.2) is 4.98 Å². The van der Waals surface area contributed by atoms with Crippen molar-refractivity contribution in [2.75, 3.05) is 12.3 Å². The van der Waals surface area contributed by atoms with E-state index in [-0.39, 0.29) is 29.0 Å². The van der Waals surface area contributed by atoms with Crippen LogP contribution in [0.1, 0.15) is 25.5 Å². The van der Waals surface area contributed by atoms with Crippen LogP contribution in [0.2, 0.25) is 5.02 Å². The largest absolute Gasteiger partial charge is 0.435 e. The van der Waals surface area contributed by atoms with E-state index in [2.05, 4.69) is 15.0 Å². The fraction of sp³-hybridized carbons (Fsp3) is 0.318. The molecule has 0 unspecified atom stereocenters. The predicted molar refractivity (Wildman–Crippen MR) is 122 cm³/mol. The van der Waals surface area contributed by atoms with Crippen molar-refractivity contribution >= 4 is 40.2 Å². The van der Waals surface area contributed by atoms with E-state index in [9.17, 15) is 18.4 Å². The fourth-order valence-corrected chi connectivity index (χ4v) is 4.20. The second kappa shape index (κ2) is 10.8. The Labute approximate surface area is 192 Å². The first-order chi connectivity index (χ1) is 15.2. The molecule has 170 valence electrons. The second-order valence-electron chi connectivity index (χ2n) is 7.24. The molecule has 2 aromatic carbocycles. The monoisotopic (exact) mass is 481 g/mol. The number of nitrogens with zero attached hydrogens (tertiary/aromatic N) is 2. The maximum atomic E-state index is 12.9. The van der Waals surface area contributed by atoms with Gasteiger partial charge in [0.2, 0.25) is 5.91 Å². The zero-order valence-corrected chi connectivity index (χ0v) is 19.1. The van der Waals surface area contributed by atoms with Gasteiger partial charge in [-0.05, 0) is 56.2 Å². The van der Waals surface area contributed by atoms with Gasteiger partial charge < -0.3 is 10.1 Å². The number of thioether (sulfide) groups is 1. The molecule has 3 rings (SSSR count). The number of alkyl halides is 2. The number of rotatable bonds is 9. The van der Waals surface area contributed by atoms with Crippen molar-refractivity contribution in [1.29, 1.82) is 0 Å². The molecule has 10 heteroatoms. The van der Waals surface area contributed by atoms with Crippen LogP contribution in [0.25, 0.3) is 10.9 Å². The van der Waals surface area contributed by atoms with Crippen LogP contribution in [0.4, 0.5) is 8.78 Å². The van der Waals surface area contributed by atoms with E-state index in [1.807, 2.05) is 13.8 Å². The average molecular weight is 482 g/mol. The molecule has 1 heterocycles. The lowest BCUT2D eigenvalue weighted by atomic mass is 10.1. The van der Waals surface area contributed by atoms with Gasteiger partial charge in [-0.2, -0.15) is 8.78 Å². The summed E-state index contributed by atoms with van der Waals surface area (Å²) in [6.45, 7) is 1.28. The molecule has 0 aliphatic carbocycles. The van der Waals surface area contributed by atoms with Crippen molar-refractivity contribution in [3.05, 3.63) is 63.4 Å². The van der Waals surface area contributed by atoms with Crippen molar-refractivity contribution in [1.82, 2.24) is 14.9 Å². The summed E-state index contributed by atoms with van der Waals surface area (Å²) in [7, 11) is 0. The highest BCUT2D eigenvalue weighted by molar-refractivity contribution is 7.99. The van der Waals surface area contributed by atoms with Crippen LogP contribution < -0.4 is 15.6 Å². The first kappa shape index (κ1) is 24.0. The highest BCUT2D eigenvalue weighted by Gasteiger charge is 2.15. The summed E-state index contributed by atoms with van der Waals surface area (Å²) in [4.78, 5) is 29.7. The van der Waals surface area contributed by atoms with E-state index in [1.54, 1.807) is 34.9 Å². The van der Waals surface area contributed by atoms with E-state index in [0.717, 1.165) is 5.56 Å². The van der Waals surface area contributed by atoms with Crippen LogP contribution in [0.3, 0.4) is 0 Å². The highest BCUT2D eigenvalue weighted by atomic mass is 35.5. The van der Waals surface area contributed by atoms with E-state index in [1.165, 1.54) is 23.9 Å². The van der Waals surface area contributed by atoms with Gasteiger partial charge in [0, 0.05) is 17.6 Å². The van der Waals surface area contributed by atoms with Crippen LogP contribution in [0.5, 0.6) is 5.75 Å². The Hall–Kier alpha value is -2.65. The number of ether oxygens (including phenoxy) is 1. The van der Waals surface area contributed by atoms with E-state index in [0.29, 0.717) is 34.0 Å². The normalized spacial score (nSPS) is 11.3. The number of carbonyl (C=O) groups is 1. The van der Waals surface area contributed by atoms with Crippen molar-refractivity contribution in [2.45, 2.75) is 38.1 Å². The third-order valence-corrected chi connectivity index (χ3v) is 5.75. The molecule has 0 saturated carbocycles. The summed E-state index contributed by atoms with van der Waals surface area (Å²) >= 11 is 7.21. The van der Waals surface area contributed by atoms with Crippen LogP contribution >= 0.6 is 23.4 Å². The van der Waals surface area contributed by atoms with Crippen LogP contribution in [-0.4, -0.2) is 34.4 Å². The molecule has 0 aliphatic heterocycles. The number of benzene rings is 2. The molecule has 1 N–H and O–H groups in total. The summed E-state index contributed by atoms with van der Waals surface area (Å²) in [5, 5.41) is 4.21. The molecule has 32 heavy (non-hydrogen) atoms. The molecule has 3 aromatic rings. The lowest BCUT2D eigenvalue weighted by Gasteiger charge is -2.16. The quantitative estimate of drug-likeness (QED) is 0.355. The van der Waals surface area contributed by atoms with Crippen molar-refractivity contribution in [3.8, 4) is 5.75 Å². The first-order valence-electron chi connectivity index (χ1n) is 9.89. The predicted octanol–water partition coefficient (Wildman–Crippen LogP) is 4.68. The Morgan fingerprint density at radius 3 is 2.59 bits per heavy atom. The highest BCUT2D eigenvalue weighted by Crippen LogP contribution is 2.22. The summed E-state index contributed by atoms with van der Waals surface area (Å²) in [6.07, 6.45) is 0.536. The first-order valence-corrected chi connectivity index (χ1v) is 11.3. The zero-order chi connectivity index (χ0) is 23.3. The molecule has 0 saturated heterocycles. The van der Waals surface area contributed by atoms with Gasteiger partial charge in [0.05, 0.1) is 16.7 Å². The molecule has 1 amide bonds. The maximum absolute atomic E-state index is 12.9. The van der Waals surface area contributed by atoms with Crippen LogP contribution in [0.15, 0.2) is 52.4 Å². The Kier molecular flexibility index (Phi) is 8.09. The van der Waals surface area contributed by atoms with E-state index in [4.69, 9.17) is 11.6 Å². The summed E-state index contributed by atoms with van der Waals surface area (Å²) in [6, 6.07) is 11.1. The van der Waals surface area contributed by atoms with Crippen LogP contribution in [0, 0.1) is 0 Å². The SMILES string of the molecule is CC(C)n1c(SCC(=O)NCCc2ccc(OC(F)F)cc2)nc2cc(Cl)ccc2c1=O. The average Bonchev–Trinajstić information content (AvgIpc) is 2.72. The molecule has 0 bridgehead atoms. The molecule has 0 radical (unpaired) electrons. The van der Waals surface area contributed by atoms with E-state index >= 15 is 0 Å². The molecular weight excluding hydrogens is 460 g/mol. The Bertz CT molecular complexity index is 1150. The van der Waals surface area contributed by atoms with Gasteiger partial charge in [-0.15, -0.1) is 0 Å². The van der Waals surface area contributed by atoms with E-state index < -0.39 is 6.61 Å². The van der Waals surface area contributed by atoms with Gasteiger partial charge in [0.15, 0.2) is 5.16 Å². The molecule has 6 nitrogen and oxygen atoms in total. The number of carbonyl (C=O) groups excluding carboxylic acids is 1. The van der Waals surface area contributed by atoms with Gasteiger partial charge in [0.1, 0.15) is 5.75 Å². The molecule has 1 aromatic heterocycles. The second-order valence-corrected chi connectivity index (χ2v) is 8.61. The molecule has 0 spiro atoms. The minimum atomic E-state index is -2.86. The van der Waals surface area contributed by atoms with Gasteiger partial charge in [-0.3, -0.25) is 14.2 Å². The van der Waals surface area contributed by atoms with Crippen molar-refractivity contribution in [2.24, 2.45) is 0 Å². The minimum absolute atomic E-state index is 0.0876. The third-order valence-electron chi connectivity index (χ3n) is 4.56. The summed E-state index contributed by atoms with van der Waals surface area (Å²) in [5.74, 6) is -0.0280. The lowest BCUT2D eigenvalue weighted by molar-refractivity contribution is -0.118. The molecule has 0 atom stereocenters. The lowest BCUT2D eigenvalue weighted by Crippen LogP contribution is -2.29. The molecule has 0 fully saturated rings. The summed E-state index contributed by atoms with van der Waals surface area (Å²) < 4.78 is 30.3. The fourth-order valence-electron chi connectivity index (χ4n) is 3.07. The Morgan fingerprint density at radius 2 is 1.94 bits per heavy atom. The van der Waals surface area contributed by atoms with Crippen molar-refractivity contribution < 1.29 is 18.3 Å². The summed E-state index contributed by atoms with van der Waals surface area (Å²) in [5.41, 5.74) is 1.19. The number of nitrogens with one attached hydrogen (secondary N) is 1. The maximum Gasteiger partial charge on any atom is 0.387 e. The molecule has 0 aliphatic rings. The number of halogens is 3. The van der Waals surface area contributed by atoms with Gasteiger partial charge >= 0.3 is 6.61 Å². The van der Waals surface area contributed by atoms with Crippen LogP contribution in [-0.2, 0) is 11.2 Å². The molecular formula is C22H22ClF2N3O3S. The van der Waals surface area contributed by atoms with Gasteiger partial charge in [0.25, 0.3) is 5.56 Å². The minimum Gasteiger partial charge on any atom is -0.435 e. The smallest absolute Gasteiger partial charge is 0.387 e. The number of amides is 1. The number of fused-ring (bicyclic) bond motifs is 1. The number of hydrogen-bond donors (Lipinski definition) is 1.